The quantitative estimate of drug-likeness (QED) is 0.0169. The van der Waals surface area contributed by atoms with E-state index in [1.807, 2.05) is 42.5 Å². The number of hydrogen-bond donors (Lipinski definition) is 3. The van der Waals surface area contributed by atoms with Gasteiger partial charge in [-0.1, -0.05) is 254 Å². The van der Waals surface area contributed by atoms with Crippen LogP contribution in [0.25, 0.3) is 0 Å². The van der Waals surface area contributed by atoms with Gasteiger partial charge in [0.2, 0.25) is 0 Å². The maximum Gasteiger partial charge on any atom is 0.472 e. The Hall–Kier alpha value is -6.10. The van der Waals surface area contributed by atoms with Crippen molar-refractivity contribution in [3.63, 3.8) is 0 Å². The molecule has 0 saturated carbocycles. The van der Waals surface area contributed by atoms with Crippen molar-refractivity contribution < 1.29 is 80.2 Å². The maximum absolute atomic E-state index is 13.0. The number of carbonyl (C=O) groups is 4. The van der Waals surface area contributed by atoms with Crippen molar-refractivity contribution in [2.75, 3.05) is 39.6 Å². The molecule has 0 aromatic carbocycles. The number of aliphatic hydroxyl groups is 1. The number of esters is 4. The molecule has 0 fully saturated rings. The summed E-state index contributed by atoms with van der Waals surface area (Å²) >= 11 is 0. The van der Waals surface area contributed by atoms with Crippen molar-refractivity contribution in [2.45, 2.75) is 251 Å². The van der Waals surface area contributed by atoms with E-state index in [1.165, 1.54) is 6.42 Å². The first-order valence-corrected chi connectivity index (χ1v) is 39.7. The summed E-state index contributed by atoms with van der Waals surface area (Å²) in [6, 6.07) is 0. The third kappa shape index (κ3) is 70.3. The van der Waals surface area contributed by atoms with Crippen LogP contribution in [0.5, 0.6) is 0 Å². The van der Waals surface area contributed by atoms with Gasteiger partial charge in [-0.3, -0.25) is 37.3 Å². The van der Waals surface area contributed by atoms with E-state index in [9.17, 15) is 43.2 Å². The van der Waals surface area contributed by atoms with E-state index in [0.29, 0.717) is 38.5 Å². The molecule has 0 radical (unpaired) electrons. The van der Waals surface area contributed by atoms with Crippen molar-refractivity contribution in [2.24, 2.45) is 0 Å². The lowest BCUT2D eigenvalue weighted by molar-refractivity contribution is -0.161. The number of phosphoric acid groups is 2. The fraction of sp³-hybridized carbons (Fsp3) is 0.556. The Morgan fingerprint density at radius 2 is 0.580 bits per heavy atom. The first-order chi connectivity index (χ1) is 48.7. The Morgan fingerprint density at radius 1 is 0.300 bits per heavy atom. The Morgan fingerprint density at radius 3 is 0.960 bits per heavy atom. The molecule has 0 bridgehead atoms. The van der Waals surface area contributed by atoms with E-state index >= 15 is 0 Å². The number of aliphatic hydroxyl groups excluding tert-OH is 1. The van der Waals surface area contributed by atoms with Gasteiger partial charge >= 0.3 is 39.5 Å². The van der Waals surface area contributed by atoms with Crippen LogP contribution in [0.3, 0.4) is 0 Å². The third-order valence-electron chi connectivity index (χ3n) is 14.1. The second-order valence-corrected chi connectivity index (χ2v) is 26.3. The maximum atomic E-state index is 13.0. The number of ether oxygens (including phenoxy) is 4. The van der Waals surface area contributed by atoms with E-state index in [1.54, 1.807) is 6.08 Å². The lowest BCUT2D eigenvalue weighted by atomic mass is 10.1. The number of hydrogen-bond acceptors (Lipinski definition) is 15. The summed E-state index contributed by atoms with van der Waals surface area (Å²) in [6.45, 7) is 4.16. The molecule has 100 heavy (non-hydrogen) atoms. The average Bonchev–Trinajstić information content (AvgIpc) is 0.953. The fourth-order valence-electron chi connectivity index (χ4n) is 8.58. The second kappa shape index (κ2) is 71.3. The Bertz CT molecular complexity index is 2670. The SMILES string of the molecule is CC/C=C\C/C=C\C/C=C\C/C=C\C/C=C\C/C=C\CCC(=O)OCC(COP(=O)(O)OCC(O)COP(=O)(O)OCC(COC(=O)C/C=C\C/C=C\C/C=C\C/C=C\C/C=C\CC)OC(=O)CCCC/C=C\C/C=C\C/C=C\C/C=C\CC)OC(=O)CCCCCCC/C=C\CCCC. The molecular formula is C81H126O17P2. The van der Waals surface area contributed by atoms with E-state index < -0.39 is 97.5 Å². The van der Waals surface area contributed by atoms with Crippen LogP contribution < -0.4 is 0 Å². The molecule has 0 aromatic rings. The summed E-state index contributed by atoms with van der Waals surface area (Å²) in [4.78, 5) is 72.6. The number of unbranched alkanes of at least 4 members (excludes halogenated alkanes) is 9. The monoisotopic (exact) mass is 1430 g/mol. The molecule has 562 valence electrons. The van der Waals surface area contributed by atoms with Gasteiger partial charge < -0.3 is 33.8 Å². The highest BCUT2D eigenvalue weighted by Gasteiger charge is 2.30. The minimum atomic E-state index is -5.02. The van der Waals surface area contributed by atoms with Gasteiger partial charge in [-0.05, 0) is 148 Å². The molecular weight excluding hydrogens is 1310 g/mol. The highest BCUT2D eigenvalue weighted by molar-refractivity contribution is 7.47. The van der Waals surface area contributed by atoms with Gasteiger partial charge in [0.1, 0.15) is 19.3 Å². The van der Waals surface area contributed by atoms with Gasteiger partial charge in [0.05, 0.1) is 32.8 Å². The second-order valence-electron chi connectivity index (χ2n) is 23.4. The average molecular weight is 1430 g/mol. The molecule has 17 nitrogen and oxygen atoms in total. The first-order valence-electron chi connectivity index (χ1n) is 36.7. The number of rotatable bonds is 66. The molecule has 0 saturated heterocycles. The van der Waals surface area contributed by atoms with Gasteiger partial charge in [0, 0.05) is 19.3 Å². The van der Waals surface area contributed by atoms with Crippen LogP contribution in [0.15, 0.2) is 194 Å². The molecule has 3 N–H and O–H groups in total. The topological polar surface area (TPSA) is 237 Å². The van der Waals surface area contributed by atoms with Crippen LogP contribution in [0.4, 0.5) is 0 Å². The molecule has 0 rings (SSSR count). The molecule has 0 aromatic heterocycles. The summed E-state index contributed by atoms with van der Waals surface area (Å²) in [5.74, 6) is -2.51. The molecule has 0 aliphatic rings. The zero-order valence-corrected chi connectivity index (χ0v) is 62.8. The number of allylic oxidation sites excluding steroid dienone is 31. The summed E-state index contributed by atoms with van der Waals surface area (Å²) in [7, 11) is -10.0. The van der Waals surface area contributed by atoms with Gasteiger partial charge in [0.25, 0.3) is 0 Å². The standard InChI is InChI=1S/C81H126O17P2/c1-5-9-13-17-21-25-29-32-35-36-37-38-41-43-47-50-54-58-62-66-79(84)91-71-76(97-80(85)67-63-59-55-51-45-28-24-20-16-12-8-4)73-95-99(87,88)93-69-75(82)70-94-100(89,90)96-74-77(98-81(86)68-64-60-56-52-48-44-40-34-31-27-23-19-15-11-7-3)72-92-78(83)65-61-57-53-49-46-42-39-33-30-26-22-18-14-10-6-2/h9-11,13-15,20-27,32-35,37-40,43,46-49,52,54,57-58,61,75-77,82H,5-8,12,16-19,28-31,36,41-42,44-45,50-51,53,55-56,59-60,62-74H2,1-4H3,(H,87,88)(H,89,90)/b13-9-,14-10-,15-11-,24-20-,25-21-,26-22-,27-23-,35-32-,38-37-,39-33-,40-34-,47-43-,49-46-,52-48-,58-54-,61-57-. The zero-order valence-electron chi connectivity index (χ0n) is 61.0. The zero-order chi connectivity index (χ0) is 73.2. The van der Waals surface area contributed by atoms with E-state index in [-0.39, 0.29) is 25.7 Å². The first kappa shape index (κ1) is 93.9. The molecule has 0 spiro atoms. The van der Waals surface area contributed by atoms with Crippen molar-refractivity contribution in [3.05, 3.63) is 194 Å². The van der Waals surface area contributed by atoms with Gasteiger partial charge in [-0.15, -0.1) is 0 Å². The highest BCUT2D eigenvalue weighted by atomic mass is 31.2. The molecule has 19 heteroatoms. The highest BCUT2D eigenvalue weighted by Crippen LogP contribution is 2.45. The fourth-order valence-corrected chi connectivity index (χ4v) is 10.2. The van der Waals surface area contributed by atoms with Gasteiger partial charge in [-0.25, -0.2) is 9.13 Å². The molecule has 0 aliphatic carbocycles. The van der Waals surface area contributed by atoms with E-state index in [4.69, 9.17) is 37.0 Å². The van der Waals surface area contributed by atoms with Crippen molar-refractivity contribution in [3.8, 4) is 0 Å². The Balaban J connectivity index is 5.51. The van der Waals surface area contributed by atoms with Crippen LogP contribution in [-0.2, 0) is 65.4 Å². The van der Waals surface area contributed by atoms with Crippen LogP contribution in [0.2, 0.25) is 0 Å². The van der Waals surface area contributed by atoms with E-state index in [2.05, 4.69) is 174 Å². The van der Waals surface area contributed by atoms with Crippen molar-refractivity contribution in [1.82, 2.24) is 0 Å². The lowest BCUT2D eigenvalue weighted by Gasteiger charge is -2.21. The van der Waals surface area contributed by atoms with Gasteiger partial charge in [-0.2, -0.15) is 0 Å². The summed E-state index contributed by atoms with van der Waals surface area (Å²) in [5, 5.41) is 10.6. The third-order valence-corrected chi connectivity index (χ3v) is 16.0. The lowest BCUT2D eigenvalue weighted by Crippen LogP contribution is -2.30. The minimum Gasteiger partial charge on any atom is -0.462 e. The molecule has 0 aliphatic heterocycles. The normalized spacial score (nSPS) is 15.1. The van der Waals surface area contributed by atoms with Crippen LogP contribution >= 0.6 is 15.6 Å². The molecule has 5 atom stereocenters. The van der Waals surface area contributed by atoms with E-state index in [0.717, 1.165) is 135 Å². The smallest absolute Gasteiger partial charge is 0.462 e. The van der Waals surface area contributed by atoms with Crippen LogP contribution in [-0.4, -0.2) is 96.7 Å². The van der Waals surface area contributed by atoms with Crippen molar-refractivity contribution in [1.29, 1.82) is 0 Å². The predicted molar refractivity (Wildman–Crippen MR) is 408 cm³/mol. The van der Waals surface area contributed by atoms with Crippen molar-refractivity contribution >= 4 is 39.5 Å². The summed E-state index contributed by atoms with van der Waals surface area (Å²) in [5.41, 5.74) is 0. The largest absolute Gasteiger partial charge is 0.472 e. The Labute approximate surface area is 602 Å². The predicted octanol–water partition coefficient (Wildman–Crippen LogP) is 21.0. The molecule has 0 heterocycles. The molecule has 0 amide bonds. The van der Waals surface area contributed by atoms with Crippen LogP contribution in [0, 0.1) is 0 Å². The minimum absolute atomic E-state index is 0.0134. The summed E-state index contributed by atoms with van der Waals surface area (Å²) < 4.78 is 68.1. The Kier molecular flexibility index (Phi) is 67.0. The van der Waals surface area contributed by atoms with Crippen LogP contribution in [0.1, 0.15) is 233 Å². The number of phosphoric ester groups is 2. The summed E-state index contributed by atoms with van der Waals surface area (Å²) in [6.07, 6.45) is 86.4. The van der Waals surface area contributed by atoms with Gasteiger partial charge in [0.15, 0.2) is 12.2 Å². The number of carbonyl (C=O) groups excluding carboxylic acids is 4. The molecule has 5 unspecified atom stereocenters.